The molecule has 0 aliphatic heterocycles. The van der Waals surface area contributed by atoms with Gasteiger partial charge in [-0.3, -0.25) is 4.79 Å². The number of halogens is 3. The van der Waals surface area contributed by atoms with Crippen LogP contribution >= 0.6 is 39.1 Å². The van der Waals surface area contributed by atoms with Crippen LogP contribution in [0.3, 0.4) is 0 Å². The molecule has 0 aliphatic rings. The number of anilines is 1. The summed E-state index contributed by atoms with van der Waals surface area (Å²) in [5, 5.41) is 3.77. The summed E-state index contributed by atoms with van der Waals surface area (Å²) in [5.74, 6) is 0.132. The van der Waals surface area contributed by atoms with Gasteiger partial charge in [0.05, 0.1) is 10.6 Å². The van der Waals surface area contributed by atoms with E-state index in [4.69, 9.17) is 27.9 Å². The van der Waals surface area contributed by atoms with Gasteiger partial charge in [-0.05, 0) is 57.9 Å². The van der Waals surface area contributed by atoms with E-state index in [0.717, 1.165) is 10.0 Å². The zero-order valence-electron chi connectivity index (χ0n) is 13.5. The molecule has 0 saturated carbocycles. The molecule has 0 radical (unpaired) electrons. The van der Waals surface area contributed by atoms with Crippen LogP contribution in [-0.2, 0) is 6.61 Å². The van der Waals surface area contributed by atoms with Gasteiger partial charge >= 0.3 is 0 Å². The van der Waals surface area contributed by atoms with Gasteiger partial charge in [-0.15, -0.1) is 0 Å². The molecule has 0 aliphatic carbocycles. The zero-order valence-corrected chi connectivity index (χ0v) is 16.6. The van der Waals surface area contributed by atoms with E-state index in [1.54, 1.807) is 36.4 Å². The van der Waals surface area contributed by atoms with Gasteiger partial charge in [0, 0.05) is 15.2 Å². The number of rotatable bonds is 5. The third-order valence-electron chi connectivity index (χ3n) is 3.60. The number of hydrogen-bond donors (Lipinski definition) is 1. The second kappa shape index (κ2) is 8.58. The van der Waals surface area contributed by atoms with Gasteiger partial charge in [-0.2, -0.15) is 0 Å². The SMILES string of the molecule is O=C(Nc1ccc(Br)c(Cl)c1)c1cc(Cl)ccc1OCc1ccccc1. The van der Waals surface area contributed by atoms with Crippen LogP contribution in [0.1, 0.15) is 15.9 Å². The van der Waals surface area contributed by atoms with E-state index in [1.165, 1.54) is 0 Å². The number of carbonyl (C=O) groups excluding carboxylic acids is 1. The smallest absolute Gasteiger partial charge is 0.259 e. The molecule has 0 unspecified atom stereocenters. The molecule has 0 fully saturated rings. The molecule has 3 nitrogen and oxygen atoms in total. The van der Waals surface area contributed by atoms with Gasteiger partial charge in [0.1, 0.15) is 12.4 Å². The Morgan fingerprint density at radius 3 is 2.50 bits per heavy atom. The van der Waals surface area contributed by atoms with Crippen molar-refractivity contribution in [1.82, 2.24) is 0 Å². The van der Waals surface area contributed by atoms with Crippen LogP contribution in [-0.4, -0.2) is 5.91 Å². The van der Waals surface area contributed by atoms with Gasteiger partial charge in [-0.1, -0.05) is 53.5 Å². The predicted molar refractivity (Wildman–Crippen MR) is 109 cm³/mol. The second-order valence-electron chi connectivity index (χ2n) is 5.50. The Kier molecular flexibility index (Phi) is 6.20. The van der Waals surface area contributed by atoms with Crippen LogP contribution in [0.15, 0.2) is 71.2 Å². The summed E-state index contributed by atoms with van der Waals surface area (Å²) in [7, 11) is 0. The molecular weight excluding hydrogens is 437 g/mol. The van der Waals surface area contributed by atoms with E-state index < -0.39 is 0 Å². The molecule has 3 rings (SSSR count). The molecule has 3 aromatic carbocycles. The fourth-order valence-electron chi connectivity index (χ4n) is 2.31. The molecule has 6 heteroatoms. The Bertz CT molecular complexity index is 932. The van der Waals surface area contributed by atoms with Gasteiger partial charge in [0.25, 0.3) is 5.91 Å². The molecule has 132 valence electrons. The average Bonchev–Trinajstić information content (AvgIpc) is 2.64. The Balaban J connectivity index is 1.80. The maximum atomic E-state index is 12.7. The lowest BCUT2D eigenvalue weighted by molar-refractivity contribution is 0.102. The number of nitrogens with one attached hydrogen (secondary N) is 1. The minimum Gasteiger partial charge on any atom is -0.488 e. The molecule has 3 aromatic rings. The lowest BCUT2D eigenvalue weighted by Gasteiger charge is -2.13. The van der Waals surface area contributed by atoms with Crippen molar-refractivity contribution in [2.24, 2.45) is 0 Å². The van der Waals surface area contributed by atoms with Crippen LogP contribution < -0.4 is 10.1 Å². The van der Waals surface area contributed by atoms with E-state index in [2.05, 4.69) is 21.2 Å². The van der Waals surface area contributed by atoms with Crippen molar-refractivity contribution in [1.29, 1.82) is 0 Å². The number of hydrogen-bond acceptors (Lipinski definition) is 2. The molecule has 1 N–H and O–H groups in total. The first-order valence-corrected chi connectivity index (χ1v) is 9.30. The maximum Gasteiger partial charge on any atom is 0.259 e. The molecule has 26 heavy (non-hydrogen) atoms. The molecule has 1 amide bonds. The van der Waals surface area contributed by atoms with E-state index in [-0.39, 0.29) is 5.91 Å². The first-order chi connectivity index (χ1) is 12.5. The second-order valence-corrected chi connectivity index (χ2v) is 7.20. The minimum absolute atomic E-state index is 0.325. The summed E-state index contributed by atoms with van der Waals surface area (Å²) in [6, 6.07) is 19.9. The normalized spacial score (nSPS) is 10.4. The Morgan fingerprint density at radius 1 is 1.00 bits per heavy atom. The topological polar surface area (TPSA) is 38.3 Å². The van der Waals surface area contributed by atoms with E-state index in [9.17, 15) is 4.79 Å². The van der Waals surface area contributed by atoms with Crippen LogP contribution in [0.4, 0.5) is 5.69 Å². The summed E-state index contributed by atoms with van der Waals surface area (Å²) in [6.45, 7) is 0.354. The number of carbonyl (C=O) groups is 1. The fraction of sp³-hybridized carbons (Fsp3) is 0.0500. The summed E-state index contributed by atoms with van der Waals surface area (Å²) in [5.41, 5.74) is 1.94. The Morgan fingerprint density at radius 2 is 1.77 bits per heavy atom. The minimum atomic E-state index is -0.325. The van der Waals surface area contributed by atoms with Crippen molar-refractivity contribution in [2.45, 2.75) is 6.61 Å². The highest BCUT2D eigenvalue weighted by atomic mass is 79.9. The highest BCUT2D eigenvalue weighted by Crippen LogP contribution is 2.28. The summed E-state index contributed by atoms with van der Waals surface area (Å²) >= 11 is 15.5. The average molecular weight is 451 g/mol. The first-order valence-electron chi connectivity index (χ1n) is 7.75. The van der Waals surface area contributed by atoms with Crippen LogP contribution in [0, 0.1) is 0 Å². The molecule has 0 spiro atoms. The standard InChI is InChI=1S/C20H14BrCl2NO2/c21-17-8-7-15(11-18(17)23)24-20(25)16-10-14(22)6-9-19(16)26-12-13-4-2-1-3-5-13/h1-11H,12H2,(H,24,25). The predicted octanol–water partition coefficient (Wildman–Crippen LogP) is 6.59. The number of ether oxygens (including phenoxy) is 1. The van der Waals surface area contributed by atoms with Crippen molar-refractivity contribution in [3.05, 3.63) is 92.4 Å². The van der Waals surface area contributed by atoms with Gasteiger partial charge in [-0.25, -0.2) is 0 Å². The van der Waals surface area contributed by atoms with E-state index >= 15 is 0 Å². The first kappa shape index (κ1) is 18.8. The van der Waals surface area contributed by atoms with E-state index in [0.29, 0.717) is 33.7 Å². The molecule has 0 heterocycles. The number of amides is 1. The van der Waals surface area contributed by atoms with Gasteiger partial charge < -0.3 is 10.1 Å². The monoisotopic (exact) mass is 449 g/mol. The summed E-state index contributed by atoms with van der Waals surface area (Å²) < 4.78 is 6.58. The Labute approximate surface area is 170 Å². The molecule has 0 atom stereocenters. The Hall–Kier alpha value is -2.01. The lowest BCUT2D eigenvalue weighted by atomic mass is 10.1. The molecule has 0 aromatic heterocycles. The third-order valence-corrected chi connectivity index (χ3v) is 5.07. The maximum absolute atomic E-state index is 12.7. The zero-order chi connectivity index (χ0) is 18.5. The van der Waals surface area contributed by atoms with Crippen LogP contribution in [0.5, 0.6) is 5.75 Å². The molecule has 0 saturated heterocycles. The van der Waals surface area contributed by atoms with Crippen LogP contribution in [0.25, 0.3) is 0 Å². The third kappa shape index (κ3) is 4.79. The van der Waals surface area contributed by atoms with Gasteiger partial charge in [0.2, 0.25) is 0 Å². The highest BCUT2D eigenvalue weighted by Gasteiger charge is 2.14. The van der Waals surface area contributed by atoms with Crippen molar-refractivity contribution >= 4 is 50.7 Å². The van der Waals surface area contributed by atoms with Crippen molar-refractivity contribution < 1.29 is 9.53 Å². The number of benzene rings is 3. The van der Waals surface area contributed by atoms with Crippen LogP contribution in [0.2, 0.25) is 10.0 Å². The van der Waals surface area contributed by atoms with Crippen molar-refractivity contribution in [3.8, 4) is 5.75 Å². The molecular formula is C20H14BrCl2NO2. The van der Waals surface area contributed by atoms with Crippen molar-refractivity contribution in [2.75, 3.05) is 5.32 Å². The quantitative estimate of drug-likeness (QED) is 0.476. The van der Waals surface area contributed by atoms with E-state index in [1.807, 2.05) is 30.3 Å². The molecule has 0 bridgehead atoms. The lowest BCUT2D eigenvalue weighted by Crippen LogP contribution is -2.13. The van der Waals surface area contributed by atoms with Crippen molar-refractivity contribution in [3.63, 3.8) is 0 Å². The highest BCUT2D eigenvalue weighted by molar-refractivity contribution is 9.10. The summed E-state index contributed by atoms with van der Waals surface area (Å²) in [4.78, 5) is 12.7. The summed E-state index contributed by atoms with van der Waals surface area (Å²) in [6.07, 6.45) is 0. The fourth-order valence-corrected chi connectivity index (χ4v) is 2.91. The van der Waals surface area contributed by atoms with Gasteiger partial charge in [0.15, 0.2) is 0 Å². The largest absolute Gasteiger partial charge is 0.488 e.